The molecule has 0 amide bonds. The Morgan fingerprint density at radius 2 is 1.37 bits per heavy atom. The number of sulfonamides is 1. The van der Waals surface area contributed by atoms with Gasteiger partial charge in [0.1, 0.15) is 29.7 Å². The number of hydrogen-bond donors (Lipinski definition) is 2. The average molecular weight is 496 g/mol. The highest BCUT2D eigenvalue weighted by atomic mass is 32.2. The molecule has 35 heavy (non-hydrogen) atoms. The molecule has 3 aromatic carbocycles. The van der Waals surface area contributed by atoms with E-state index < -0.39 is 10.0 Å². The van der Waals surface area contributed by atoms with Gasteiger partial charge < -0.3 is 14.5 Å². The van der Waals surface area contributed by atoms with Gasteiger partial charge in [-0.3, -0.25) is 0 Å². The van der Waals surface area contributed by atoms with E-state index in [9.17, 15) is 8.42 Å². The van der Waals surface area contributed by atoms with Crippen LogP contribution in [0.2, 0.25) is 0 Å². The van der Waals surface area contributed by atoms with Crippen molar-refractivity contribution < 1.29 is 17.9 Å². The third-order valence-electron chi connectivity index (χ3n) is 4.58. The Morgan fingerprint density at radius 3 is 1.89 bits per heavy atom. The lowest BCUT2D eigenvalue weighted by atomic mass is 10.1. The molecule has 8 heteroatoms. The average Bonchev–Trinajstić information content (AvgIpc) is 3.40. The van der Waals surface area contributed by atoms with E-state index in [1.807, 2.05) is 105 Å². The van der Waals surface area contributed by atoms with E-state index >= 15 is 0 Å². The third kappa shape index (κ3) is 9.64. The van der Waals surface area contributed by atoms with E-state index in [-0.39, 0.29) is 5.75 Å². The molecular weight excluding hydrogens is 462 g/mol. The highest BCUT2D eigenvalue weighted by Crippen LogP contribution is 2.25. The van der Waals surface area contributed by atoms with Crippen LogP contribution in [0.5, 0.6) is 17.2 Å². The van der Waals surface area contributed by atoms with Gasteiger partial charge in [0.15, 0.2) is 0 Å². The topological polar surface area (TPSA) is 93.3 Å². The van der Waals surface area contributed by atoms with Gasteiger partial charge in [0, 0.05) is 0 Å². The number of benzene rings is 3. The van der Waals surface area contributed by atoms with Crippen LogP contribution in [0, 0.1) is 0 Å². The van der Waals surface area contributed by atoms with Crippen LogP contribution in [0.3, 0.4) is 0 Å². The third-order valence-corrected chi connectivity index (χ3v) is 5.96. The fraction of sp³-hybridized carbons (Fsp3) is 0.222. The fourth-order valence-electron chi connectivity index (χ4n) is 2.72. The molecule has 2 N–H and O–H groups in total. The number of rotatable bonds is 8. The van der Waals surface area contributed by atoms with Gasteiger partial charge in [0.25, 0.3) is 0 Å². The largest absolute Gasteiger partial charge is 0.486 e. The summed E-state index contributed by atoms with van der Waals surface area (Å²) in [6.45, 7) is 5.99. The highest BCUT2D eigenvalue weighted by Gasteiger charge is 2.05. The molecular formula is C27H33N3O4S. The molecule has 0 unspecified atom stereocenters. The first-order chi connectivity index (χ1) is 17.0. The van der Waals surface area contributed by atoms with Crippen LogP contribution < -0.4 is 14.2 Å². The molecule has 7 nitrogen and oxygen atoms in total. The first-order valence-electron chi connectivity index (χ1n) is 11.5. The highest BCUT2D eigenvalue weighted by molar-refractivity contribution is 7.89. The zero-order valence-electron chi connectivity index (χ0n) is 20.6. The Hall–Kier alpha value is -3.62. The van der Waals surface area contributed by atoms with Crippen LogP contribution >= 0.6 is 0 Å². The van der Waals surface area contributed by atoms with Crippen molar-refractivity contribution in [3.8, 4) is 28.5 Å². The summed E-state index contributed by atoms with van der Waals surface area (Å²) in [6, 6.07) is 27.4. The predicted octanol–water partition coefficient (Wildman–Crippen LogP) is 6.03. The van der Waals surface area contributed by atoms with Gasteiger partial charge in [-0.15, -0.1) is 0 Å². The summed E-state index contributed by atoms with van der Waals surface area (Å²) in [5, 5.41) is 0. The van der Waals surface area contributed by atoms with Gasteiger partial charge in [-0.1, -0.05) is 50.2 Å². The van der Waals surface area contributed by atoms with E-state index in [4.69, 9.17) is 9.47 Å². The van der Waals surface area contributed by atoms with E-state index in [2.05, 4.69) is 14.7 Å². The Labute approximate surface area is 208 Å². The predicted molar refractivity (Wildman–Crippen MR) is 141 cm³/mol. The zero-order valence-corrected chi connectivity index (χ0v) is 21.4. The Morgan fingerprint density at radius 1 is 0.829 bits per heavy atom. The summed E-state index contributed by atoms with van der Waals surface area (Å²) in [6.07, 6.45) is 1.82. The first kappa shape index (κ1) is 27.6. The molecule has 0 aliphatic heterocycles. The van der Waals surface area contributed by atoms with Crippen molar-refractivity contribution in [2.45, 2.75) is 27.4 Å². The van der Waals surface area contributed by atoms with Crippen molar-refractivity contribution in [1.82, 2.24) is 14.7 Å². The molecule has 0 aliphatic rings. The normalized spacial score (nSPS) is 10.3. The molecule has 0 spiro atoms. The Kier molecular flexibility index (Phi) is 11.5. The minimum Gasteiger partial charge on any atom is -0.486 e. The van der Waals surface area contributed by atoms with E-state index in [0.717, 1.165) is 34.3 Å². The molecule has 1 heterocycles. The summed E-state index contributed by atoms with van der Waals surface area (Å²) in [5.74, 6) is 3.39. The summed E-state index contributed by atoms with van der Waals surface area (Å²) in [5.41, 5.74) is 1.99. The lowest BCUT2D eigenvalue weighted by Gasteiger charge is -2.06. The van der Waals surface area contributed by atoms with Crippen molar-refractivity contribution in [1.29, 1.82) is 0 Å². The number of nitrogens with one attached hydrogen (secondary N) is 2. The Balaban J connectivity index is 0.000000416. The minimum absolute atomic E-state index is 0.156. The maximum atomic E-state index is 10.3. The van der Waals surface area contributed by atoms with Gasteiger partial charge >= 0.3 is 0 Å². The molecule has 0 radical (unpaired) electrons. The molecule has 186 valence electrons. The van der Waals surface area contributed by atoms with Crippen molar-refractivity contribution in [2.75, 3.05) is 12.8 Å². The first-order valence-corrected chi connectivity index (χ1v) is 13.1. The van der Waals surface area contributed by atoms with E-state index in [1.54, 1.807) is 6.92 Å². The second-order valence-electron chi connectivity index (χ2n) is 6.89. The van der Waals surface area contributed by atoms with Crippen molar-refractivity contribution in [3.05, 3.63) is 97.0 Å². The number of ether oxygens (including phenoxy) is 2. The van der Waals surface area contributed by atoms with Crippen LogP contribution in [0.1, 0.15) is 26.6 Å². The van der Waals surface area contributed by atoms with Crippen molar-refractivity contribution in [2.24, 2.45) is 0 Å². The number of para-hydroxylation sites is 2. The van der Waals surface area contributed by atoms with Gasteiger partial charge in [-0.2, -0.15) is 0 Å². The second-order valence-corrected chi connectivity index (χ2v) is 9.11. The lowest BCUT2D eigenvalue weighted by molar-refractivity contribution is 0.297. The summed E-state index contributed by atoms with van der Waals surface area (Å²) in [4.78, 5) is 7.68. The van der Waals surface area contributed by atoms with Crippen molar-refractivity contribution in [3.63, 3.8) is 0 Å². The van der Waals surface area contributed by atoms with E-state index in [0.29, 0.717) is 6.61 Å². The Bertz CT molecular complexity index is 1200. The summed E-state index contributed by atoms with van der Waals surface area (Å²) in [7, 11) is -1.51. The smallest absolute Gasteiger partial charge is 0.211 e. The summed E-state index contributed by atoms with van der Waals surface area (Å²) < 4.78 is 34.2. The maximum Gasteiger partial charge on any atom is 0.211 e. The monoisotopic (exact) mass is 495 g/mol. The lowest BCUT2D eigenvalue weighted by Crippen LogP contribution is -2.19. The summed E-state index contributed by atoms with van der Waals surface area (Å²) >= 11 is 0. The van der Waals surface area contributed by atoms with Crippen LogP contribution in [0.15, 0.2) is 91.1 Å². The van der Waals surface area contributed by atoms with Crippen molar-refractivity contribution >= 4 is 10.0 Å². The number of hydrogen-bond acceptors (Lipinski definition) is 5. The molecule has 0 saturated heterocycles. The number of aromatic amines is 1. The van der Waals surface area contributed by atoms with Gasteiger partial charge in [-0.05, 0) is 68.1 Å². The fourth-order valence-corrected chi connectivity index (χ4v) is 3.01. The second kappa shape index (κ2) is 14.6. The zero-order chi connectivity index (χ0) is 25.5. The van der Waals surface area contributed by atoms with Crippen LogP contribution in [-0.4, -0.2) is 31.2 Å². The molecule has 0 saturated carbocycles. The number of imidazole rings is 1. The number of H-pyrrole nitrogens is 1. The quantitative estimate of drug-likeness (QED) is 0.311. The van der Waals surface area contributed by atoms with E-state index in [1.165, 1.54) is 7.05 Å². The molecule has 0 bridgehead atoms. The molecule has 4 aromatic rings. The molecule has 1 aromatic heterocycles. The van der Waals surface area contributed by atoms with Crippen LogP contribution in [0.25, 0.3) is 11.3 Å². The number of aromatic nitrogens is 2. The van der Waals surface area contributed by atoms with Gasteiger partial charge in [-0.25, -0.2) is 18.1 Å². The van der Waals surface area contributed by atoms with Gasteiger partial charge in [0.2, 0.25) is 10.0 Å². The SMILES string of the molecule is CC.CCS(=O)(=O)NC.c1ccc(OCc2ncc(-c3ccc(Oc4ccccc4)cc3)[nH]2)cc1. The molecule has 4 rings (SSSR count). The molecule has 0 fully saturated rings. The molecule has 0 atom stereocenters. The van der Waals surface area contributed by atoms with Crippen LogP contribution in [-0.2, 0) is 16.6 Å². The standard InChI is InChI=1S/C22H18N2O2.C3H9NO2S.C2H6/c1-3-7-18(8-4-1)25-16-22-23-15-21(24-22)17-11-13-20(14-12-17)26-19-9-5-2-6-10-19;1-3-7(5,6)4-2;1-2/h1-15H,16H2,(H,23,24);4H,3H2,1-2H3;1-2H3. The molecule has 0 aliphatic carbocycles. The minimum atomic E-state index is -2.91. The van der Waals surface area contributed by atoms with Gasteiger partial charge in [0.05, 0.1) is 17.6 Å². The maximum absolute atomic E-state index is 10.3. The van der Waals surface area contributed by atoms with Crippen LogP contribution in [0.4, 0.5) is 0 Å². The number of nitrogens with zero attached hydrogens (tertiary/aromatic N) is 1.